The highest BCUT2D eigenvalue weighted by Crippen LogP contribution is 2.04. The first-order chi connectivity index (χ1) is 10.1. The maximum absolute atomic E-state index is 11.8. The van der Waals surface area contributed by atoms with E-state index in [2.05, 4.69) is 16.0 Å². The Morgan fingerprint density at radius 1 is 0.810 bits per heavy atom. The molecule has 106 valence electrons. The van der Waals surface area contributed by atoms with Gasteiger partial charge in [-0.2, -0.15) is 0 Å². The van der Waals surface area contributed by atoms with Crippen molar-refractivity contribution in [1.82, 2.24) is 10.6 Å². The summed E-state index contributed by atoms with van der Waals surface area (Å²) in [5, 5.41) is 7.52. The molecule has 0 unspecified atom stereocenters. The van der Waals surface area contributed by atoms with Gasteiger partial charge in [-0.3, -0.25) is 15.4 Å². The standard InChI is InChI=1S/C15H13N3O2S/c19-13(11-7-3-1-4-8-11)17-14(20)18-15(21)16-12-9-5-2-6-10-12/h1-10H,(H3,16,17,18,19,20,21). The smallest absolute Gasteiger partial charge is 0.327 e. The molecule has 3 N–H and O–H groups in total. The number of hydrogen-bond acceptors (Lipinski definition) is 3. The van der Waals surface area contributed by atoms with E-state index in [0.717, 1.165) is 5.69 Å². The molecule has 6 heteroatoms. The summed E-state index contributed by atoms with van der Waals surface area (Å²) in [4.78, 5) is 23.4. The minimum Gasteiger partial charge on any atom is -0.332 e. The van der Waals surface area contributed by atoms with E-state index in [4.69, 9.17) is 12.2 Å². The summed E-state index contributed by atoms with van der Waals surface area (Å²) in [5.74, 6) is -0.490. The number of para-hydroxylation sites is 1. The van der Waals surface area contributed by atoms with E-state index in [-0.39, 0.29) is 5.11 Å². The van der Waals surface area contributed by atoms with Crippen molar-refractivity contribution in [3.05, 3.63) is 66.2 Å². The zero-order chi connectivity index (χ0) is 15.1. The SMILES string of the molecule is O=C(NC(=O)c1ccccc1)NC(=S)Nc1ccccc1. The van der Waals surface area contributed by atoms with E-state index in [1.165, 1.54) is 0 Å². The number of nitrogens with one attached hydrogen (secondary N) is 3. The van der Waals surface area contributed by atoms with Gasteiger partial charge < -0.3 is 5.32 Å². The maximum Gasteiger partial charge on any atom is 0.327 e. The lowest BCUT2D eigenvalue weighted by Gasteiger charge is -2.09. The number of rotatable bonds is 2. The van der Waals surface area contributed by atoms with Gasteiger partial charge in [-0.05, 0) is 36.5 Å². The number of imide groups is 1. The van der Waals surface area contributed by atoms with Gasteiger partial charge in [0.05, 0.1) is 0 Å². The third-order valence-electron chi connectivity index (χ3n) is 2.52. The average Bonchev–Trinajstić information content (AvgIpc) is 2.48. The van der Waals surface area contributed by atoms with Crippen LogP contribution in [0.5, 0.6) is 0 Å². The van der Waals surface area contributed by atoms with Crippen molar-refractivity contribution in [3.8, 4) is 0 Å². The first-order valence-corrected chi connectivity index (χ1v) is 6.59. The van der Waals surface area contributed by atoms with Crippen molar-refractivity contribution in [2.24, 2.45) is 0 Å². The summed E-state index contributed by atoms with van der Waals surface area (Å²) in [7, 11) is 0. The molecule has 0 aromatic heterocycles. The normalized spacial score (nSPS) is 9.52. The van der Waals surface area contributed by atoms with Crippen LogP contribution in [0.25, 0.3) is 0 Å². The lowest BCUT2D eigenvalue weighted by molar-refractivity contribution is 0.0965. The molecule has 0 atom stereocenters. The second-order valence-electron chi connectivity index (χ2n) is 4.09. The fourth-order valence-electron chi connectivity index (χ4n) is 1.58. The van der Waals surface area contributed by atoms with Crippen molar-refractivity contribution < 1.29 is 9.59 Å². The molecule has 2 aromatic rings. The maximum atomic E-state index is 11.8. The molecule has 0 heterocycles. The van der Waals surface area contributed by atoms with Crippen molar-refractivity contribution >= 4 is 35.0 Å². The zero-order valence-electron chi connectivity index (χ0n) is 11.0. The second kappa shape index (κ2) is 7.16. The molecule has 0 aliphatic rings. The lowest BCUT2D eigenvalue weighted by atomic mass is 10.2. The van der Waals surface area contributed by atoms with Gasteiger partial charge in [0.2, 0.25) is 0 Å². The summed E-state index contributed by atoms with van der Waals surface area (Å²) in [6.45, 7) is 0. The quantitative estimate of drug-likeness (QED) is 0.745. The van der Waals surface area contributed by atoms with Crippen molar-refractivity contribution in [2.75, 3.05) is 5.32 Å². The number of carbonyl (C=O) groups excluding carboxylic acids is 2. The number of urea groups is 1. The van der Waals surface area contributed by atoms with Gasteiger partial charge in [0.1, 0.15) is 0 Å². The summed E-state index contributed by atoms with van der Waals surface area (Å²) in [6, 6.07) is 16.9. The molecule has 0 radical (unpaired) electrons. The molecule has 2 aromatic carbocycles. The topological polar surface area (TPSA) is 70.2 Å². The van der Waals surface area contributed by atoms with Gasteiger partial charge in [0, 0.05) is 11.3 Å². The van der Waals surface area contributed by atoms with Crippen LogP contribution in [0.3, 0.4) is 0 Å². The Labute approximate surface area is 127 Å². The summed E-state index contributed by atoms with van der Waals surface area (Å²) in [5.41, 5.74) is 1.15. The fourth-order valence-corrected chi connectivity index (χ4v) is 1.79. The summed E-state index contributed by atoms with van der Waals surface area (Å²) >= 11 is 4.99. The Morgan fingerprint density at radius 2 is 1.38 bits per heavy atom. The van der Waals surface area contributed by atoms with E-state index in [1.54, 1.807) is 42.5 Å². The van der Waals surface area contributed by atoms with Crippen LogP contribution in [0.2, 0.25) is 0 Å². The predicted octanol–water partition coefficient (Wildman–Crippen LogP) is 2.52. The van der Waals surface area contributed by atoms with Crippen LogP contribution >= 0.6 is 12.2 Å². The van der Waals surface area contributed by atoms with Crippen LogP contribution in [0.4, 0.5) is 10.5 Å². The molecular formula is C15H13N3O2S. The predicted molar refractivity (Wildman–Crippen MR) is 85.1 cm³/mol. The molecule has 5 nitrogen and oxygen atoms in total. The first-order valence-electron chi connectivity index (χ1n) is 6.18. The Morgan fingerprint density at radius 3 is 2.00 bits per heavy atom. The minimum atomic E-state index is -0.683. The Kier molecular flexibility index (Phi) is 5.00. The molecule has 0 aliphatic carbocycles. The Hall–Kier alpha value is -2.73. The van der Waals surface area contributed by atoms with E-state index in [1.807, 2.05) is 18.2 Å². The third kappa shape index (κ3) is 4.70. The molecule has 0 fully saturated rings. The Bertz CT molecular complexity index is 644. The third-order valence-corrected chi connectivity index (χ3v) is 2.73. The van der Waals surface area contributed by atoms with Crippen LogP contribution in [-0.4, -0.2) is 17.1 Å². The van der Waals surface area contributed by atoms with Gasteiger partial charge in [0.15, 0.2) is 5.11 Å². The highest BCUT2D eigenvalue weighted by molar-refractivity contribution is 7.80. The van der Waals surface area contributed by atoms with Gasteiger partial charge in [-0.1, -0.05) is 36.4 Å². The molecule has 21 heavy (non-hydrogen) atoms. The zero-order valence-corrected chi connectivity index (χ0v) is 11.8. The van der Waals surface area contributed by atoms with E-state index < -0.39 is 11.9 Å². The van der Waals surface area contributed by atoms with Crippen LogP contribution in [-0.2, 0) is 0 Å². The molecule has 0 saturated carbocycles. The van der Waals surface area contributed by atoms with Crippen molar-refractivity contribution in [2.45, 2.75) is 0 Å². The van der Waals surface area contributed by atoms with Crippen molar-refractivity contribution in [3.63, 3.8) is 0 Å². The Balaban J connectivity index is 1.84. The number of thiocarbonyl (C=S) groups is 1. The van der Waals surface area contributed by atoms with E-state index in [0.29, 0.717) is 5.56 Å². The van der Waals surface area contributed by atoms with Crippen molar-refractivity contribution in [1.29, 1.82) is 0 Å². The molecule has 0 spiro atoms. The molecular weight excluding hydrogens is 286 g/mol. The number of anilines is 1. The summed E-state index contributed by atoms with van der Waals surface area (Å²) < 4.78 is 0. The largest absolute Gasteiger partial charge is 0.332 e. The number of hydrogen-bond donors (Lipinski definition) is 3. The monoisotopic (exact) mass is 299 g/mol. The highest BCUT2D eigenvalue weighted by Gasteiger charge is 2.10. The van der Waals surface area contributed by atoms with Crippen LogP contribution < -0.4 is 16.0 Å². The van der Waals surface area contributed by atoms with E-state index in [9.17, 15) is 9.59 Å². The average molecular weight is 299 g/mol. The lowest BCUT2D eigenvalue weighted by Crippen LogP contribution is -2.44. The molecule has 0 aliphatic heterocycles. The molecule has 3 amide bonds. The van der Waals surface area contributed by atoms with Gasteiger partial charge >= 0.3 is 6.03 Å². The second-order valence-corrected chi connectivity index (χ2v) is 4.50. The van der Waals surface area contributed by atoms with Gasteiger partial charge in [-0.15, -0.1) is 0 Å². The van der Waals surface area contributed by atoms with Crippen LogP contribution in [0, 0.1) is 0 Å². The highest BCUT2D eigenvalue weighted by atomic mass is 32.1. The van der Waals surface area contributed by atoms with Gasteiger partial charge in [-0.25, -0.2) is 4.79 Å². The number of carbonyl (C=O) groups is 2. The van der Waals surface area contributed by atoms with Gasteiger partial charge in [0.25, 0.3) is 5.91 Å². The number of amides is 3. The molecule has 0 saturated heterocycles. The fraction of sp³-hybridized carbons (Fsp3) is 0. The van der Waals surface area contributed by atoms with Crippen LogP contribution in [0.15, 0.2) is 60.7 Å². The molecule has 0 bridgehead atoms. The number of benzene rings is 2. The minimum absolute atomic E-state index is 0.111. The van der Waals surface area contributed by atoms with E-state index >= 15 is 0 Å². The molecule has 2 rings (SSSR count). The first kappa shape index (κ1) is 14.7. The summed E-state index contributed by atoms with van der Waals surface area (Å²) in [6.07, 6.45) is 0. The van der Waals surface area contributed by atoms with Crippen LogP contribution in [0.1, 0.15) is 10.4 Å².